The first kappa shape index (κ1) is 20.2. The first-order chi connectivity index (χ1) is 13.6. The summed E-state index contributed by atoms with van der Waals surface area (Å²) in [5.74, 6) is 1.21. The average Bonchev–Trinajstić information content (AvgIpc) is 2.75. The molecule has 3 rings (SSSR count). The molecule has 0 radical (unpaired) electrons. The topological polar surface area (TPSA) is 3.24 Å². The smallest absolute Gasteiger partial charge is 0.0461 e. The van der Waals surface area contributed by atoms with Crippen molar-refractivity contribution in [1.29, 1.82) is 0 Å². The third kappa shape index (κ3) is 4.65. The minimum Gasteiger partial charge on any atom is -0.311 e. The second-order valence-electron chi connectivity index (χ2n) is 7.85. The molecule has 0 aliphatic rings. The van der Waals surface area contributed by atoms with E-state index in [0.717, 1.165) is 0 Å². The predicted octanol–water partition coefficient (Wildman–Crippen LogP) is 8.57. The van der Waals surface area contributed by atoms with Crippen molar-refractivity contribution in [2.75, 3.05) is 4.90 Å². The van der Waals surface area contributed by atoms with E-state index in [-0.39, 0.29) is 0 Å². The molecule has 2 atom stereocenters. The van der Waals surface area contributed by atoms with Gasteiger partial charge in [0.2, 0.25) is 0 Å². The Morgan fingerprint density at radius 1 is 0.607 bits per heavy atom. The van der Waals surface area contributed by atoms with E-state index in [4.69, 9.17) is 0 Å². The van der Waals surface area contributed by atoms with Gasteiger partial charge in [0.15, 0.2) is 0 Å². The van der Waals surface area contributed by atoms with Crippen LogP contribution in [0.4, 0.5) is 17.1 Å². The first-order valence-electron chi connectivity index (χ1n) is 10.7. The Hall–Kier alpha value is -2.54. The lowest BCUT2D eigenvalue weighted by Gasteiger charge is -2.26. The normalized spacial score (nSPS) is 13.1. The van der Waals surface area contributed by atoms with Crippen molar-refractivity contribution in [3.63, 3.8) is 0 Å². The highest BCUT2D eigenvalue weighted by atomic mass is 15.1. The van der Waals surface area contributed by atoms with Crippen LogP contribution in [0.25, 0.3) is 0 Å². The standard InChI is InChI=1S/C27H33N/c1-5-10-22(4)24-15-19-27(20-16-24)28(25-11-8-7-9-12-25)26-17-13-23(14-18-26)21(3)6-2/h7-9,11-22H,5-6,10H2,1-4H3. The molecular weight excluding hydrogens is 338 g/mol. The molecule has 0 fully saturated rings. The fourth-order valence-corrected chi connectivity index (χ4v) is 3.76. The molecule has 0 saturated carbocycles. The molecule has 0 bridgehead atoms. The van der Waals surface area contributed by atoms with Gasteiger partial charge in [-0.05, 0) is 72.2 Å². The Balaban J connectivity index is 1.96. The van der Waals surface area contributed by atoms with Gasteiger partial charge in [0.25, 0.3) is 0 Å². The summed E-state index contributed by atoms with van der Waals surface area (Å²) in [6, 6.07) is 28.8. The zero-order valence-electron chi connectivity index (χ0n) is 17.7. The Morgan fingerprint density at radius 2 is 1.07 bits per heavy atom. The van der Waals surface area contributed by atoms with Crippen molar-refractivity contribution in [1.82, 2.24) is 0 Å². The van der Waals surface area contributed by atoms with Gasteiger partial charge in [-0.3, -0.25) is 0 Å². The third-order valence-corrected chi connectivity index (χ3v) is 5.79. The Labute approximate surface area is 171 Å². The maximum absolute atomic E-state index is 2.34. The summed E-state index contributed by atoms with van der Waals surface area (Å²) >= 11 is 0. The van der Waals surface area contributed by atoms with Gasteiger partial charge >= 0.3 is 0 Å². The van der Waals surface area contributed by atoms with E-state index in [1.54, 1.807) is 0 Å². The predicted molar refractivity (Wildman–Crippen MR) is 123 cm³/mol. The molecule has 0 aliphatic carbocycles. The van der Waals surface area contributed by atoms with Crippen LogP contribution in [0.15, 0.2) is 78.9 Å². The lowest BCUT2D eigenvalue weighted by atomic mass is 9.96. The van der Waals surface area contributed by atoms with Crippen LogP contribution >= 0.6 is 0 Å². The van der Waals surface area contributed by atoms with Crippen molar-refractivity contribution < 1.29 is 0 Å². The minimum atomic E-state index is 0.596. The molecule has 2 unspecified atom stereocenters. The third-order valence-electron chi connectivity index (χ3n) is 5.79. The van der Waals surface area contributed by atoms with Gasteiger partial charge in [0.05, 0.1) is 0 Å². The Morgan fingerprint density at radius 3 is 1.54 bits per heavy atom. The Kier molecular flexibility index (Phi) is 6.92. The number of rotatable bonds is 8. The number of benzene rings is 3. The lowest BCUT2D eigenvalue weighted by molar-refractivity contribution is 0.665. The molecule has 1 heteroatoms. The highest BCUT2D eigenvalue weighted by molar-refractivity contribution is 5.76. The molecule has 3 aromatic carbocycles. The molecule has 0 aromatic heterocycles. The summed E-state index contributed by atoms with van der Waals surface area (Å²) in [5.41, 5.74) is 6.42. The molecule has 0 heterocycles. The summed E-state index contributed by atoms with van der Waals surface area (Å²) in [5, 5.41) is 0. The summed E-state index contributed by atoms with van der Waals surface area (Å²) < 4.78 is 0. The molecule has 0 saturated heterocycles. The quantitative estimate of drug-likeness (QED) is 0.383. The van der Waals surface area contributed by atoms with Crippen LogP contribution in [0, 0.1) is 0 Å². The molecule has 0 amide bonds. The average molecular weight is 372 g/mol. The second kappa shape index (κ2) is 9.59. The highest BCUT2D eigenvalue weighted by Crippen LogP contribution is 2.36. The number of anilines is 3. The van der Waals surface area contributed by atoms with Crippen LogP contribution in [0.1, 0.15) is 69.9 Å². The van der Waals surface area contributed by atoms with Gasteiger partial charge in [-0.25, -0.2) is 0 Å². The SMILES string of the molecule is CCCC(C)c1ccc(N(c2ccccc2)c2ccc(C(C)CC)cc2)cc1. The summed E-state index contributed by atoms with van der Waals surface area (Å²) in [4.78, 5) is 2.34. The van der Waals surface area contributed by atoms with Gasteiger partial charge in [0.1, 0.15) is 0 Å². The molecule has 1 nitrogen and oxygen atoms in total. The van der Waals surface area contributed by atoms with E-state index in [9.17, 15) is 0 Å². The maximum atomic E-state index is 2.34. The van der Waals surface area contributed by atoms with E-state index < -0.39 is 0 Å². The molecule has 3 aromatic rings. The maximum Gasteiger partial charge on any atom is 0.0461 e. The summed E-state index contributed by atoms with van der Waals surface area (Å²) in [7, 11) is 0. The van der Waals surface area contributed by atoms with Crippen LogP contribution in [0.2, 0.25) is 0 Å². The van der Waals surface area contributed by atoms with Gasteiger partial charge in [-0.2, -0.15) is 0 Å². The molecule has 0 aliphatic heterocycles. The summed E-state index contributed by atoms with van der Waals surface area (Å²) in [6.07, 6.45) is 3.62. The molecule has 28 heavy (non-hydrogen) atoms. The van der Waals surface area contributed by atoms with Crippen LogP contribution < -0.4 is 4.90 Å². The van der Waals surface area contributed by atoms with E-state index in [2.05, 4.69) is 111 Å². The van der Waals surface area contributed by atoms with Gasteiger partial charge in [-0.15, -0.1) is 0 Å². The lowest BCUT2D eigenvalue weighted by Crippen LogP contribution is -2.10. The van der Waals surface area contributed by atoms with Crippen LogP contribution in [-0.4, -0.2) is 0 Å². The van der Waals surface area contributed by atoms with Crippen LogP contribution in [0.5, 0.6) is 0 Å². The van der Waals surface area contributed by atoms with Crippen molar-refractivity contribution in [3.05, 3.63) is 90.0 Å². The first-order valence-corrected chi connectivity index (χ1v) is 10.7. The molecule has 0 spiro atoms. The van der Waals surface area contributed by atoms with E-state index in [1.807, 2.05) is 0 Å². The van der Waals surface area contributed by atoms with Crippen molar-refractivity contribution in [2.45, 2.75) is 58.8 Å². The van der Waals surface area contributed by atoms with Crippen molar-refractivity contribution in [3.8, 4) is 0 Å². The van der Waals surface area contributed by atoms with Gasteiger partial charge < -0.3 is 4.90 Å². The zero-order chi connectivity index (χ0) is 19.9. The fourth-order valence-electron chi connectivity index (χ4n) is 3.76. The summed E-state index contributed by atoms with van der Waals surface area (Å²) in [6.45, 7) is 9.11. The van der Waals surface area contributed by atoms with E-state index in [1.165, 1.54) is 47.5 Å². The monoisotopic (exact) mass is 371 g/mol. The highest BCUT2D eigenvalue weighted by Gasteiger charge is 2.13. The minimum absolute atomic E-state index is 0.596. The van der Waals surface area contributed by atoms with Crippen molar-refractivity contribution >= 4 is 17.1 Å². The Bertz CT molecular complexity index is 834. The molecular formula is C27H33N. The number of para-hydroxylation sites is 1. The van der Waals surface area contributed by atoms with Crippen molar-refractivity contribution in [2.24, 2.45) is 0 Å². The molecule has 0 N–H and O–H groups in total. The number of hydrogen-bond donors (Lipinski definition) is 0. The number of hydrogen-bond acceptors (Lipinski definition) is 1. The van der Waals surface area contributed by atoms with E-state index >= 15 is 0 Å². The van der Waals surface area contributed by atoms with Crippen LogP contribution in [-0.2, 0) is 0 Å². The van der Waals surface area contributed by atoms with Crippen LogP contribution in [0.3, 0.4) is 0 Å². The zero-order valence-corrected chi connectivity index (χ0v) is 17.7. The molecule has 146 valence electrons. The van der Waals surface area contributed by atoms with E-state index in [0.29, 0.717) is 11.8 Å². The number of nitrogens with zero attached hydrogens (tertiary/aromatic N) is 1. The fraction of sp³-hybridized carbons (Fsp3) is 0.333. The van der Waals surface area contributed by atoms with Gasteiger partial charge in [-0.1, -0.05) is 76.6 Å². The van der Waals surface area contributed by atoms with Gasteiger partial charge in [0, 0.05) is 17.1 Å². The second-order valence-corrected chi connectivity index (χ2v) is 7.85. The largest absolute Gasteiger partial charge is 0.311 e.